The van der Waals surface area contributed by atoms with Crippen molar-refractivity contribution in [1.29, 1.82) is 0 Å². The summed E-state index contributed by atoms with van der Waals surface area (Å²) in [6, 6.07) is 78.5. The average molecular weight is 846 g/mol. The third-order valence-corrected chi connectivity index (χ3v) is 14.8. The molecule has 0 saturated heterocycles. The van der Waals surface area contributed by atoms with E-state index in [0.29, 0.717) is 0 Å². The third kappa shape index (κ3) is 5.81. The van der Waals surface area contributed by atoms with Crippen LogP contribution in [0.3, 0.4) is 0 Å². The van der Waals surface area contributed by atoms with E-state index in [1.165, 1.54) is 66.4 Å². The summed E-state index contributed by atoms with van der Waals surface area (Å²) in [7, 11) is 0. The second-order valence-electron chi connectivity index (χ2n) is 19.3. The second-order valence-corrected chi connectivity index (χ2v) is 19.3. The maximum absolute atomic E-state index is 6.93. The van der Waals surface area contributed by atoms with Gasteiger partial charge in [-0.25, -0.2) is 0 Å². The van der Waals surface area contributed by atoms with E-state index >= 15 is 0 Å². The molecule has 2 heteroatoms. The normalized spacial score (nSPS) is 14.0. The standard InChI is InChI=1S/C64H47NO/c1-63(2)57-26-12-10-22-51(57)53-30-28-47(38-59(53)63)65(48-29-31-54-52-23-11-13-27-58(52)64(3,4)60(54)39-48)49-34-45(42-21-14-20-41(32-42)40-16-6-5-7-17-40)33-46(35-49)50-24-15-25-55-56-36-43-18-8-9-19-44(43)37-61(56)66-62(50)55/h5-39H,1-4H3. The molecule has 2 aliphatic rings. The number of nitrogens with zero attached hydrogens (tertiary/aromatic N) is 1. The van der Waals surface area contributed by atoms with Gasteiger partial charge in [0.1, 0.15) is 11.2 Å². The molecule has 0 aliphatic heterocycles. The Morgan fingerprint density at radius 2 is 0.818 bits per heavy atom. The molecule has 11 aromatic rings. The lowest BCUT2D eigenvalue weighted by molar-refractivity contribution is 0.660. The summed E-state index contributed by atoms with van der Waals surface area (Å²) >= 11 is 0. The lowest BCUT2D eigenvalue weighted by Gasteiger charge is -2.30. The van der Waals surface area contributed by atoms with Crippen LogP contribution in [-0.2, 0) is 10.8 Å². The van der Waals surface area contributed by atoms with Gasteiger partial charge in [-0.15, -0.1) is 0 Å². The largest absolute Gasteiger partial charge is 0.455 e. The van der Waals surface area contributed by atoms with Crippen LogP contribution in [0.5, 0.6) is 0 Å². The van der Waals surface area contributed by atoms with Crippen molar-refractivity contribution in [3.05, 3.63) is 235 Å². The fourth-order valence-electron chi connectivity index (χ4n) is 11.4. The number of para-hydroxylation sites is 1. The highest BCUT2D eigenvalue weighted by Gasteiger charge is 2.38. The molecular formula is C64H47NO. The maximum atomic E-state index is 6.93. The Labute approximate surface area is 386 Å². The van der Waals surface area contributed by atoms with Gasteiger partial charge in [0.05, 0.1) is 0 Å². The van der Waals surface area contributed by atoms with Crippen LogP contribution < -0.4 is 4.90 Å². The minimum atomic E-state index is -0.165. The van der Waals surface area contributed by atoms with Gasteiger partial charge in [-0.2, -0.15) is 0 Å². The van der Waals surface area contributed by atoms with Crippen LogP contribution >= 0.6 is 0 Å². The van der Waals surface area contributed by atoms with Gasteiger partial charge >= 0.3 is 0 Å². The fraction of sp³-hybridized carbons (Fsp3) is 0.0938. The highest BCUT2D eigenvalue weighted by atomic mass is 16.3. The summed E-state index contributed by atoms with van der Waals surface area (Å²) in [4.78, 5) is 2.50. The van der Waals surface area contributed by atoms with Crippen molar-refractivity contribution in [2.75, 3.05) is 4.90 Å². The second kappa shape index (κ2) is 14.3. The Hall–Kier alpha value is -7.94. The highest BCUT2D eigenvalue weighted by molar-refractivity contribution is 6.13. The number of hydrogen-bond donors (Lipinski definition) is 0. The molecule has 0 radical (unpaired) electrons. The quantitative estimate of drug-likeness (QED) is 0.166. The molecular weight excluding hydrogens is 799 g/mol. The molecule has 66 heavy (non-hydrogen) atoms. The van der Waals surface area contributed by atoms with Crippen LogP contribution in [0.15, 0.2) is 217 Å². The lowest BCUT2D eigenvalue weighted by Crippen LogP contribution is -2.18. The zero-order valence-corrected chi connectivity index (χ0v) is 37.6. The smallest absolute Gasteiger partial charge is 0.143 e. The first-order valence-corrected chi connectivity index (χ1v) is 23.2. The van der Waals surface area contributed by atoms with E-state index in [1.807, 2.05) is 0 Å². The van der Waals surface area contributed by atoms with Crippen molar-refractivity contribution in [3.63, 3.8) is 0 Å². The van der Waals surface area contributed by atoms with Gasteiger partial charge in [-0.1, -0.05) is 179 Å². The first kappa shape index (κ1) is 38.5. The number of anilines is 3. The average Bonchev–Trinajstić information content (AvgIpc) is 3.92. The monoisotopic (exact) mass is 845 g/mol. The predicted octanol–water partition coefficient (Wildman–Crippen LogP) is 17.8. The van der Waals surface area contributed by atoms with Gasteiger partial charge in [0.15, 0.2) is 0 Å². The van der Waals surface area contributed by atoms with Gasteiger partial charge in [0.2, 0.25) is 0 Å². The van der Waals surface area contributed by atoms with E-state index in [-0.39, 0.29) is 10.8 Å². The predicted molar refractivity (Wildman–Crippen MR) is 277 cm³/mol. The van der Waals surface area contributed by atoms with E-state index in [0.717, 1.165) is 61.3 Å². The molecule has 0 spiro atoms. The van der Waals surface area contributed by atoms with E-state index in [1.54, 1.807) is 0 Å². The zero-order valence-electron chi connectivity index (χ0n) is 37.6. The van der Waals surface area contributed by atoms with Crippen LogP contribution in [-0.4, -0.2) is 0 Å². The van der Waals surface area contributed by atoms with E-state index in [2.05, 4.69) is 245 Å². The van der Waals surface area contributed by atoms with Crippen LogP contribution in [0.1, 0.15) is 49.9 Å². The summed E-state index contributed by atoms with van der Waals surface area (Å²) < 4.78 is 6.93. The van der Waals surface area contributed by atoms with Gasteiger partial charge in [-0.05, 0) is 144 Å². The van der Waals surface area contributed by atoms with E-state index < -0.39 is 0 Å². The molecule has 13 rings (SSSR count). The summed E-state index contributed by atoms with van der Waals surface area (Å²) in [6.07, 6.45) is 0. The van der Waals surface area contributed by atoms with E-state index in [9.17, 15) is 0 Å². The summed E-state index contributed by atoms with van der Waals surface area (Å²) in [5.41, 5.74) is 22.3. The Bertz CT molecular complexity index is 3670. The Kier molecular flexibility index (Phi) is 8.33. The lowest BCUT2D eigenvalue weighted by atomic mass is 9.82. The molecule has 1 aromatic heterocycles. The number of benzene rings is 10. The van der Waals surface area contributed by atoms with Crippen LogP contribution in [0.4, 0.5) is 17.1 Å². The maximum Gasteiger partial charge on any atom is 0.143 e. The molecule has 0 N–H and O–H groups in total. The summed E-state index contributed by atoms with van der Waals surface area (Å²) in [5.74, 6) is 0. The minimum Gasteiger partial charge on any atom is -0.455 e. The third-order valence-electron chi connectivity index (χ3n) is 14.8. The molecule has 2 nitrogen and oxygen atoms in total. The van der Waals surface area contributed by atoms with Crippen molar-refractivity contribution >= 4 is 49.8 Å². The molecule has 10 aromatic carbocycles. The molecule has 0 atom stereocenters. The molecule has 2 aliphatic carbocycles. The first-order valence-electron chi connectivity index (χ1n) is 23.2. The van der Waals surface area contributed by atoms with Crippen molar-refractivity contribution in [2.24, 2.45) is 0 Å². The van der Waals surface area contributed by atoms with Crippen LogP contribution in [0, 0.1) is 0 Å². The van der Waals surface area contributed by atoms with Crippen molar-refractivity contribution in [3.8, 4) is 55.6 Å². The molecule has 0 amide bonds. The molecule has 0 bridgehead atoms. The Morgan fingerprint density at radius 3 is 1.48 bits per heavy atom. The molecule has 0 unspecified atom stereocenters. The first-order chi connectivity index (χ1) is 32.2. The molecule has 0 saturated carbocycles. The highest BCUT2D eigenvalue weighted by Crippen LogP contribution is 2.54. The van der Waals surface area contributed by atoms with Gasteiger partial charge < -0.3 is 9.32 Å². The molecule has 314 valence electrons. The van der Waals surface area contributed by atoms with Crippen molar-refractivity contribution in [1.82, 2.24) is 0 Å². The summed E-state index contributed by atoms with van der Waals surface area (Å²) in [6.45, 7) is 9.49. The van der Waals surface area contributed by atoms with Crippen molar-refractivity contribution in [2.45, 2.75) is 38.5 Å². The topological polar surface area (TPSA) is 16.4 Å². The van der Waals surface area contributed by atoms with Crippen LogP contribution in [0.25, 0.3) is 88.3 Å². The van der Waals surface area contributed by atoms with Gasteiger partial charge in [-0.3, -0.25) is 0 Å². The minimum absolute atomic E-state index is 0.165. The van der Waals surface area contributed by atoms with Crippen LogP contribution in [0.2, 0.25) is 0 Å². The SMILES string of the molecule is CC1(C)c2ccccc2-c2ccc(N(c3cc(-c4cccc(-c5ccccc5)c4)cc(-c4cccc5c4oc4cc6ccccc6cc45)c3)c3ccc4c(c3)C(C)(C)c3ccccc3-4)cc21. The van der Waals surface area contributed by atoms with E-state index in [4.69, 9.17) is 4.42 Å². The molecule has 1 heterocycles. The fourth-order valence-corrected chi connectivity index (χ4v) is 11.4. The Morgan fingerprint density at radius 1 is 0.318 bits per heavy atom. The number of furan rings is 1. The van der Waals surface area contributed by atoms with Gasteiger partial charge in [0, 0.05) is 44.2 Å². The molecule has 0 fully saturated rings. The summed E-state index contributed by atoms with van der Waals surface area (Å²) in [5, 5.41) is 4.62. The van der Waals surface area contributed by atoms with Crippen molar-refractivity contribution < 1.29 is 4.42 Å². The number of hydrogen-bond acceptors (Lipinski definition) is 2. The van der Waals surface area contributed by atoms with Gasteiger partial charge in [0.25, 0.3) is 0 Å². The zero-order chi connectivity index (χ0) is 44.3. The Balaban J connectivity index is 1.07. The number of rotatable bonds is 6. The number of fused-ring (bicyclic) bond motifs is 10.